The molecule has 3 heterocycles. The van der Waals surface area contributed by atoms with Gasteiger partial charge in [0.1, 0.15) is 6.04 Å². The highest BCUT2D eigenvalue weighted by molar-refractivity contribution is 7.12. The van der Waals surface area contributed by atoms with Crippen LogP contribution in [0.3, 0.4) is 0 Å². The molecule has 4 rings (SSSR count). The lowest BCUT2D eigenvalue weighted by atomic mass is 9.99. The van der Waals surface area contributed by atoms with Crippen molar-refractivity contribution in [3.05, 3.63) is 46.7 Å². The highest BCUT2D eigenvalue weighted by atomic mass is 32.1. The molecule has 0 aliphatic carbocycles. The van der Waals surface area contributed by atoms with Crippen LogP contribution in [0.25, 0.3) is 0 Å². The number of hydrogen-bond donors (Lipinski definition) is 1. The third-order valence-corrected chi connectivity index (χ3v) is 6.94. The second-order valence-corrected chi connectivity index (χ2v) is 9.14. The second-order valence-electron chi connectivity index (χ2n) is 8.19. The Hall–Kier alpha value is -2.34. The first-order valence-electron chi connectivity index (χ1n) is 10.6. The zero-order chi connectivity index (χ0) is 20.2. The van der Waals surface area contributed by atoms with Crippen LogP contribution < -0.4 is 10.2 Å². The van der Waals surface area contributed by atoms with Crippen LogP contribution in [0.2, 0.25) is 0 Å². The smallest absolute Gasteiger partial charge is 0.264 e. The Morgan fingerprint density at radius 1 is 1.00 bits per heavy atom. The van der Waals surface area contributed by atoms with E-state index in [-0.39, 0.29) is 11.8 Å². The zero-order valence-corrected chi connectivity index (χ0v) is 17.8. The first kappa shape index (κ1) is 20.0. The SMILES string of the molecule is CC1CCN(c2ccc(NC(=O)C3CCCCN3C(=O)c3cccs3)cc2)CC1. The molecule has 2 aliphatic rings. The average molecular weight is 412 g/mol. The van der Waals surface area contributed by atoms with Gasteiger partial charge in [-0.3, -0.25) is 9.59 Å². The maximum atomic E-state index is 13.0. The van der Waals surface area contributed by atoms with Crippen LogP contribution in [0.4, 0.5) is 11.4 Å². The van der Waals surface area contributed by atoms with E-state index in [1.54, 1.807) is 4.90 Å². The average Bonchev–Trinajstić information content (AvgIpc) is 3.29. The summed E-state index contributed by atoms with van der Waals surface area (Å²) < 4.78 is 0. The van der Waals surface area contributed by atoms with E-state index >= 15 is 0 Å². The molecule has 29 heavy (non-hydrogen) atoms. The summed E-state index contributed by atoms with van der Waals surface area (Å²) in [6.07, 6.45) is 5.10. The zero-order valence-electron chi connectivity index (χ0n) is 17.0. The molecule has 154 valence electrons. The number of rotatable bonds is 4. The molecule has 1 aromatic carbocycles. The lowest BCUT2D eigenvalue weighted by Gasteiger charge is -2.34. The van der Waals surface area contributed by atoms with Gasteiger partial charge in [0.05, 0.1) is 4.88 Å². The van der Waals surface area contributed by atoms with E-state index in [4.69, 9.17) is 0 Å². The maximum Gasteiger partial charge on any atom is 0.264 e. The molecule has 2 saturated heterocycles. The predicted molar refractivity (Wildman–Crippen MR) is 119 cm³/mol. The number of likely N-dealkylation sites (tertiary alicyclic amines) is 1. The van der Waals surface area contributed by atoms with Gasteiger partial charge in [-0.2, -0.15) is 0 Å². The largest absolute Gasteiger partial charge is 0.372 e. The summed E-state index contributed by atoms with van der Waals surface area (Å²) in [6.45, 7) is 5.14. The molecule has 1 aromatic heterocycles. The normalized spacial score (nSPS) is 20.5. The Balaban J connectivity index is 1.40. The van der Waals surface area contributed by atoms with Gasteiger partial charge in [-0.15, -0.1) is 11.3 Å². The molecule has 2 fully saturated rings. The van der Waals surface area contributed by atoms with Crippen LogP contribution in [0.15, 0.2) is 41.8 Å². The number of amides is 2. The number of anilines is 2. The van der Waals surface area contributed by atoms with E-state index in [2.05, 4.69) is 29.3 Å². The molecule has 2 aromatic rings. The molecule has 6 heteroatoms. The number of hydrogen-bond acceptors (Lipinski definition) is 4. The molecule has 0 saturated carbocycles. The van der Waals surface area contributed by atoms with E-state index in [0.717, 1.165) is 37.5 Å². The van der Waals surface area contributed by atoms with Gasteiger partial charge in [-0.05, 0) is 73.7 Å². The van der Waals surface area contributed by atoms with E-state index in [1.807, 2.05) is 29.6 Å². The molecule has 0 bridgehead atoms. The fourth-order valence-electron chi connectivity index (χ4n) is 4.24. The van der Waals surface area contributed by atoms with Crippen molar-refractivity contribution in [1.29, 1.82) is 0 Å². The quantitative estimate of drug-likeness (QED) is 0.799. The Labute approximate surface area is 176 Å². The Kier molecular flexibility index (Phi) is 6.19. The number of carbonyl (C=O) groups excluding carboxylic acids is 2. The van der Waals surface area contributed by atoms with Crippen molar-refractivity contribution in [2.75, 3.05) is 29.9 Å². The number of nitrogens with one attached hydrogen (secondary N) is 1. The summed E-state index contributed by atoms with van der Waals surface area (Å²) >= 11 is 1.43. The highest BCUT2D eigenvalue weighted by Gasteiger charge is 2.33. The monoisotopic (exact) mass is 411 g/mol. The molecule has 1 atom stereocenters. The standard InChI is InChI=1S/C23H29N3O2S/c1-17-11-14-25(15-12-17)19-9-7-18(8-10-19)24-22(27)20-5-2-3-13-26(20)23(28)21-6-4-16-29-21/h4,6-10,16-17,20H,2-3,5,11-15H2,1H3,(H,24,27). The van der Waals surface area contributed by atoms with Crippen LogP contribution in [0.1, 0.15) is 48.7 Å². The van der Waals surface area contributed by atoms with Crippen LogP contribution in [-0.4, -0.2) is 42.4 Å². The van der Waals surface area contributed by atoms with Gasteiger partial charge in [-0.1, -0.05) is 13.0 Å². The molecule has 2 aliphatic heterocycles. The van der Waals surface area contributed by atoms with Crippen molar-refractivity contribution >= 4 is 34.5 Å². The Bertz CT molecular complexity index is 826. The summed E-state index contributed by atoms with van der Waals surface area (Å²) in [5.41, 5.74) is 2.00. The first-order chi connectivity index (χ1) is 14.1. The number of piperidine rings is 2. The summed E-state index contributed by atoms with van der Waals surface area (Å²) in [5.74, 6) is 0.684. The summed E-state index contributed by atoms with van der Waals surface area (Å²) in [4.78, 5) is 30.6. The Morgan fingerprint density at radius 2 is 1.76 bits per heavy atom. The van der Waals surface area contributed by atoms with Crippen molar-refractivity contribution in [2.45, 2.75) is 45.1 Å². The lowest BCUT2D eigenvalue weighted by molar-refractivity contribution is -0.121. The number of benzene rings is 1. The Morgan fingerprint density at radius 3 is 2.45 bits per heavy atom. The molecule has 1 N–H and O–H groups in total. The first-order valence-corrected chi connectivity index (χ1v) is 11.5. The molecular formula is C23H29N3O2S. The molecule has 2 amide bonds. The van der Waals surface area contributed by atoms with Crippen molar-refractivity contribution < 1.29 is 9.59 Å². The van der Waals surface area contributed by atoms with Crippen LogP contribution >= 0.6 is 11.3 Å². The molecule has 1 unspecified atom stereocenters. The van der Waals surface area contributed by atoms with Crippen molar-refractivity contribution in [1.82, 2.24) is 4.90 Å². The van der Waals surface area contributed by atoms with Gasteiger partial charge >= 0.3 is 0 Å². The predicted octanol–water partition coefficient (Wildman–Crippen LogP) is 4.62. The van der Waals surface area contributed by atoms with Crippen molar-refractivity contribution in [3.63, 3.8) is 0 Å². The summed E-state index contributed by atoms with van der Waals surface area (Å²) in [7, 11) is 0. The minimum atomic E-state index is -0.401. The second kappa shape index (κ2) is 8.99. The van der Waals surface area contributed by atoms with Gasteiger partial charge < -0.3 is 15.1 Å². The minimum Gasteiger partial charge on any atom is -0.372 e. The minimum absolute atomic E-state index is 0.0328. The number of nitrogens with zero attached hydrogens (tertiary/aromatic N) is 2. The van der Waals surface area contributed by atoms with Crippen molar-refractivity contribution in [3.8, 4) is 0 Å². The van der Waals surface area contributed by atoms with Crippen LogP contribution in [0, 0.1) is 5.92 Å². The van der Waals surface area contributed by atoms with Crippen LogP contribution in [0.5, 0.6) is 0 Å². The van der Waals surface area contributed by atoms with E-state index in [1.165, 1.54) is 29.9 Å². The van der Waals surface area contributed by atoms with E-state index < -0.39 is 6.04 Å². The van der Waals surface area contributed by atoms with Gasteiger partial charge in [-0.25, -0.2) is 0 Å². The molecular weight excluding hydrogens is 382 g/mol. The summed E-state index contributed by atoms with van der Waals surface area (Å²) in [6, 6.07) is 11.4. The molecule has 0 radical (unpaired) electrons. The number of carbonyl (C=O) groups is 2. The van der Waals surface area contributed by atoms with Gasteiger partial charge in [0.2, 0.25) is 5.91 Å². The van der Waals surface area contributed by atoms with E-state index in [0.29, 0.717) is 17.8 Å². The molecule has 5 nitrogen and oxygen atoms in total. The lowest BCUT2D eigenvalue weighted by Crippen LogP contribution is -2.49. The summed E-state index contributed by atoms with van der Waals surface area (Å²) in [5, 5.41) is 4.93. The van der Waals surface area contributed by atoms with Gasteiger partial charge in [0.25, 0.3) is 5.91 Å². The van der Waals surface area contributed by atoms with Crippen LogP contribution in [-0.2, 0) is 4.79 Å². The molecule has 0 spiro atoms. The fraction of sp³-hybridized carbons (Fsp3) is 0.478. The van der Waals surface area contributed by atoms with Crippen molar-refractivity contribution in [2.24, 2.45) is 5.92 Å². The van der Waals surface area contributed by atoms with Gasteiger partial charge in [0, 0.05) is 31.0 Å². The topological polar surface area (TPSA) is 52.7 Å². The fourth-order valence-corrected chi connectivity index (χ4v) is 4.92. The van der Waals surface area contributed by atoms with E-state index in [9.17, 15) is 9.59 Å². The number of thiophene rings is 1. The highest BCUT2D eigenvalue weighted by Crippen LogP contribution is 2.26. The third-order valence-electron chi connectivity index (χ3n) is 6.08. The van der Waals surface area contributed by atoms with Gasteiger partial charge in [0.15, 0.2) is 0 Å². The third kappa shape index (κ3) is 4.64. The maximum absolute atomic E-state index is 13.0.